The molecule has 0 amide bonds. The van der Waals surface area contributed by atoms with Gasteiger partial charge >= 0.3 is 29.6 Å². The van der Waals surface area contributed by atoms with Crippen LogP contribution in [0.25, 0.3) is 0 Å². The molecule has 0 radical (unpaired) electrons. The Morgan fingerprint density at radius 1 is 1.10 bits per heavy atom. The van der Waals surface area contributed by atoms with Crippen molar-refractivity contribution in [3.8, 4) is 0 Å². The van der Waals surface area contributed by atoms with Crippen LogP contribution >= 0.6 is 0 Å². The van der Waals surface area contributed by atoms with E-state index in [2.05, 4.69) is 25.9 Å². The molecule has 1 aromatic carbocycles. The molecule has 0 aliphatic heterocycles. The fourth-order valence-electron chi connectivity index (χ4n) is 4.96. The number of ketones is 1. The predicted molar refractivity (Wildman–Crippen MR) is 114 cm³/mol. The number of aliphatic hydroxyl groups is 1. The van der Waals surface area contributed by atoms with Crippen molar-refractivity contribution in [3.63, 3.8) is 0 Å². The van der Waals surface area contributed by atoms with Gasteiger partial charge in [0.25, 0.3) is 0 Å². The average Bonchev–Trinajstić information content (AvgIpc) is 3.13. The predicted octanol–water partition coefficient (Wildman–Crippen LogP) is 2.67. The first-order chi connectivity index (χ1) is 13.4. The molecule has 2 aliphatic carbocycles. The summed E-state index contributed by atoms with van der Waals surface area (Å²) in [4.78, 5) is 18.3. The Morgan fingerprint density at radius 2 is 1.79 bits per heavy atom. The molecule has 154 valence electrons. The minimum atomic E-state index is -0.00923. The van der Waals surface area contributed by atoms with Crippen molar-refractivity contribution in [2.75, 3.05) is 6.61 Å². The van der Waals surface area contributed by atoms with Crippen LogP contribution < -0.4 is 29.6 Å². The quantitative estimate of drug-likeness (QED) is 0.448. The van der Waals surface area contributed by atoms with Crippen molar-refractivity contribution < 1.29 is 45.7 Å². The van der Waals surface area contributed by atoms with Crippen molar-refractivity contribution in [2.24, 2.45) is 5.16 Å². The Hall–Kier alpha value is -1.10. The summed E-state index contributed by atoms with van der Waals surface area (Å²) in [7, 11) is 0. The van der Waals surface area contributed by atoms with Gasteiger partial charge in [-0.25, -0.2) is 0 Å². The molecule has 4 nitrogen and oxygen atoms in total. The van der Waals surface area contributed by atoms with E-state index < -0.39 is 0 Å². The number of aliphatic hydroxyl groups excluding tert-OH is 1. The van der Waals surface area contributed by atoms with E-state index in [9.17, 15) is 9.90 Å². The molecule has 1 atom stereocenters. The molecule has 2 aliphatic rings. The fourth-order valence-corrected chi connectivity index (χ4v) is 4.96. The van der Waals surface area contributed by atoms with Crippen molar-refractivity contribution >= 4 is 11.5 Å². The minimum Gasteiger partial charge on any atom is -1.00 e. The molecule has 0 saturated carbocycles. The molecular weight excluding hydrogens is 373 g/mol. The number of benzene rings is 1. The Kier molecular flexibility index (Phi) is 8.57. The number of carbonyl (C=O) groups excluding carboxylic acids is 1. The smallest absolute Gasteiger partial charge is 1.00 e. The second-order valence-corrected chi connectivity index (χ2v) is 8.16. The zero-order chi connectivity index (χ0) is 20.4. The first kappa shape index (κ1) is 24.2. The molecule has 0 aromatic heterocycles. The first-order valence-corrected chi connectivity index (χ1v) is 10.7. The van der Waals surface area contributed by atoms with Crippen molar-refractivity contribution in [3.05, 3.63) is 44.7 Å². The molecule has 0 bridgehead atoms. The van der Waals surface area contributed by atoms with Crippen LogP contribution in [0.15, 0.2) is 16.5 Å². The number of nitrogens with zero attached hydrogens (tertiary/aromatic N) is 1. The number of hydrogen-bond donors (Lipinski definition) is 1. The SMILES string of the molecule is CCCC(=NOCC)C1=C(O)CC(c2c(C)c(C)c(C)c3c2CCC3)CC1=O.[H-].[Na+]. The van der Waals surface area contributed by atoms with E-state index >= 15 is 0 Å². The number of oxime groups is 1. The Bertz CT molecular complexity index is 861. The molecule has 29 heavy (non-hydrogen) atoms. The van der Waals surface area contributed by atoms with Crippen molar-refractivity contribution in [1.82, 2.24) is 0 Å². The van der Waals surface area contributed by atoms with E-state index in [1.54, 1.807) is 0 Å². The molecule has 1 aromatic rings. The Morgan fingerprint density at radius 3 is 2.41 bits per heavy atom. The molecule has 0 fully saturated rings. The van der Waals surface area contributed by atoms with Gasteiger partial charge in [0.15, 0.2) is 5.78 Å². The van der Waals surface area contributed by atoms with Crippen LogP contribution in [0.4, 0.5) is 0 Å². The van der Waals surface area contributed by atoms with Crippen LogP contribution in [0.2, 0.25) is 0 Å². The van der Waals surface area contributed by atoms with Crippen molar-refractivity contribution in [1.29, 1.82) is 0 Å². The summed E-state index contributed by atoms with van der Waals surface area (Å²) >= 11 is 0. The van der Waals surface area contributed by atoms with E-state index in [-0.39, 0.29) is 48.4 Å². The minimum absolute atomic E-state index is 0. The summed E-state index contributed by atoms with van der Waals surface area (Å²) < 4.78 is 0. The maximum atomic E-state index is 13.1. The van der Waals surface area contributed by atoms with Gasteiger partial charge in [-0.3, -0.25) is 4.79 Å². The molecule has 0 saturated heterocycles. The summed E-state index contributed by atoms with van der Waals surface area (Å²) in [6.45, 7) is 10.9. The summed E-state index contributed by atoms with van der Waals surface area (Å²) in [5.41, 5.74) is 9.25. The standard InChI is InChI=1S/C24H33NO3.Na.H/c1-6-9-20(25-28-7-2)24-21(26)12-17(13-22(24)27)23-16(5)14(3)15(4)18-10-8-11-19(18)23;;/h17,26H,6-13H2,1-5H3;;/q;+1;-1. The van der Waals surface area contributed by atoms with Crippen LogP contribution in [0.3, 0.4) is 0 Å². The number of allylic oxidation sites excluding steroid dienone is 2. The van der Waals surface area contributed by atoms with Gasteiger partial charge < -0.3 is 11.4 Å². The summed E-state index contributed by atoms with van der Waals surface area (Å²) in [6, 6.07) is 0. The third-order valence-corrected chi connectivity index (χ3v) is 6.45. The van der Waals surface area contributed by atoms with E-state index in [0.29, 0.717) is 37.2 Å². The zero-order valence-electron chi connectivity index (χ0n) is 19.9. The largest absolute Gasteiger partial charge is 1.00 e. The fraction of sp³-hybridized carbons (Fsp3) is 0.583. The van der Waals surface area contributed by atoms with E-state index in [1.807, 2.05) is 13.8 Å². The van der Waals surface area contributed by atoms with Gasteiger partial charge in [0.05, 0.1) is 11.3 Å². The summed E-state index contributed by atoms with van der Waals surface area (Å²) in [6.07, 6.45) is 5.82. The van der Waals surface area contributed by atoms with Crippen LogP contribution in [0.1, 0.15) is 86.7 Å². The van der Waals surface area contributed by atoms with Gasteiger partial charge in [0.2, 0.25) is 0 Å². The number of fused-ring (bicyclic) bond motifs is 1. The molecule has 3 rings (SSSR count). The van der Waals surface area contributed by atoms with Gasteiger partial charge in [-0.15, -0.1) is 0 Å². The Balaban J connectivity index is 0.00000225. The van der Waals surface area contributed by atoms with Crippen LogP contribution in [0.5, 0.6) is 0 Å². The summed E-state index contributed by atoms with van der Waals surface area (Å²) in [5.74, 6) is 0.222. The van der Waals surface area contributed by atoms with E-state index in [1.165, 1.54) is 39.8 Å². The molecular formula is C24H34NNaO3. The molecule has 0 heterocycles. The monoisotopic (exact) mass is 407 g/mol. The normalized spacial score (nSPS) is 19.3. The maximum absolute atomic E-state index is 13.1. The number of rotatable bonds is 6. The average molecular weight is 408 g/mol. The first-order valence-electron chi connectivity index (χ1n) is 10.7. The topological polar surface area (TPSA) is 58.9 Å². The third kappa shape index (κ3) is 4.65. The molecule has 0 spiro atoms. The van der Waals surface area contributed by atoms with Crippen LogP contribution in [0, 0.1) is 20.8 Å². The molecule has 1 N–H and O–H groups in total. The van der Waals surface area contributed by atoms with Crippen LogP contribution in [-0.4, -0.2) is 23.2 Å². The van der Waals surface area contributed by atoms with Gasteiger partial charge in [-0.1, -0.05) is 18.5 Å². The number of Topliss-reactive ketones (excluding diaryl/α,β-unsaturated/α-hetero) is 1. The van der Waals surface area contributed by atoms with Crippen molar-refractivity contribution in [2.45, 2.75) is 85.5 Å². The molecule has 5 heteroatoms. The van der Waals surface area contributed by atoms with Crippen LogP contribution in [-0.2, 0) is 22.5 Å². The number of carbonyl (C=O) groups is 1. The maximum Gasteiger partial charge on any atom is 1.00 e. The summed E-state index contributed by atoms with van der Waals surface area (Å²) in [5, 5.41) is 15.0. The Labute approximate surface area is 198 Å². The van der Waals surface area contributed by atoms with E-state index in [0.717, 1.165) is 19.3 Å². The number of hydrogen-bond acceptors (Lipinski definition) is 4. The van der Waals surface area contributed by atoms with Gasteiger partial charge in [0.1, 0.15) is 12.4 Å². The zero-order valence-corrected chi connectivity index (χ0v) is 20.9. The van der Waals surface area contributed by atoms with Gasteiger partial charge in [-0.05, 0) is 92.7 Å². The second-order valence-electron chi connectivity index (χ2n) is 8.16. The van der Waals surface area contributed by atoms with Gasteiger partial charge in [-0.2, -0.15) is 0 Å². The third-order valence-electron chi connectivity index (χ3n) is 6.45. The van der Waals surface area contributed by atoms with Gasteiger partial charge in [0, 0.05) is 12.8 Å². The molecule has 1 unspecified atom stereocenters. The van der Waals surface area contributed by atoms with E-state index in [4.69, 9.17) is 4.84 Å². The second kappa shape index (κ2) is 10.3.